The molecule has 164 valence electrons. The van der Waals surface area contributed by atoms with Gasteiger partial charge >= 0.3 is 0 Å². The van der Waals surface area contributed by atoms with Gasteiger partial charge in [0.1, 0.15) is 5.82 Å². The molecular weight excluding hydrogens is 388 g/mol. The topological polar surface area (TPSA) is 57.7 Å². The Morgan fingerprint density at radius 3 is 2.87 bits per heavy atom. The van der Waals surface area contributed by atoms with Crippen molar-refractivity contribution in [1.82, 2.24) is 4.98 Å². The highest BCUT2D eigenvalue weighted by Gasteiger charge is 2.31. The first-order valence-electron chi connectivity index (χ1n) is 11.7. The molecule has 1 aromatic carbocycles. The highest BCUT2D eigenvalue weighted by molar-refractivity contribution is 6.00. The number of amides is 1. The minimum Gasteiger partial charge on any atom is -0.378 e. The summed E-state index contributed by atoms with van der Waals surface area (Å²) >= 11 is 0. The molecule has 2 fully saturated rings. The van der Waals surface area contributed by atoms with E-state index in [0.717, 1.165) is 80.4 Å². The second-order valence-electron chi connectivity index (χ2n) is 9.17. The summed E-state index contributed by atoms with van der Waals surface area (Å²) in [5, 5.41) is 3.49. The molecule has 1 saturated heterocycles. The van der Waals surface area contributed by atoms with Crippen LogP contribution in [-0.2, 0) is 16.1 Å². The number of nitrogens with zero attached hydrogens (tertiary/aromatic N) is 3. The number of anilines is 4. The summed E-state index contributed by atoms with van der Waals surface area (Å²) in [6.45, 7) is 6.11. The van der Waals surface area contributed by atoms with Crippen LogP contribution in [0, 0.1) is 11.8 Å². The lowest BCUT2D eigenvalue weighted by Crippen LogP contribution is -2.37. The standard InChI is InChI=1S/C25H32N4O2/c1-18-4-2-5-19(8-7-18)25(30)29-17-20-6-3-11-26-24(20)27-22-10-9-21(16-23(22)29)28-12-14-31-15-13-28/h3,6,9-11,16,18-19H,2,4-5,7-8,12-15,17H2,1H3,(H,26,27). The first-order valence-corrected chi connectivity index (χ1v) is 11.7. The Morgan fingerprint density at radius 2 is 2.00 bits per heavy atom. The zero-order chi connectivity index (χ0) is 21.2. The maximum absolute atomic E-state index is 13.9. The summed E-state index contributed by atoms with van der Waals surface area (Å²) in [4.78, 5) is 22.8. The third-order valence-electron chi connectivity index (χ3n) is 6.99. The Morgan fingerprint density at radius 1 is 1.13 bits per heavy atom. The molecule has 3 aliphatic rings. The van der Waals surface area contributed by atoms with Crippen LogP contribution in [0.5, 0.6) is 0 Å². The predicted molar refractivity (Wildman–Crippen MR) is 124 cm³/mol. The van der Waals surface area contributed by atoms with Crippen molar-refractivity contribution < 1.29 is 9.53 Å². The number of benzene rings is 1. The van der Waals surface area contributed by atoms with Crippen LogP contribution in [-0.4, -0.2) is 37.2 Å². The van der Waals surface area contributed by atoms with E-state index >= 15 is 0 Å². The van der Waals surface area contributed by atoms with Gasteiger partial charge in [-0.3, -0.25) is 4.79 Å². The first kappa shape index (κ1) is 20.3. The number of hydrogen-bond acceptors (Lipinski definition) is 5. The Hall–Kier alpha value is -2.60. The Labute approximate surface area is 184 Å². The number of carbonyl (C=O) groups is 1. The smallest absolute Gasteiger partial charge is 0.230 e. The molecule has 1 aromatic heterocycles. The van der Waals surface area contributed by atoms with Gasteiger partial charge in [0.15, 0.2) is 0 Å². The first-order chi connectivity index (χ1) is 15.2. The average Bonchev–Trinajstić information content (AvgIpc) is 3.12. The average molecular weight is 421 g/mol. The number of carbonyl (C=O) groups excluding carboxylic acids is 1. The zero-order valence-corrected chi connectivity index (χ0v) is 18.3. The lowest BCUT2D eigenvalue weighted by Gasteiger charge is -2.31. The van der Waals surface area contributed by atoms with Crippen LogP contribution < -0.4 is 15.1 Å². The largest absolute Gasteiger partial charge is 0.378 e. The highest BCUT2D eigenvalue weighted by atomic mass is 16.5. The van der Waals surface area contributed by atoms with E-state index in [1.807, 2.05) is 11.0 Å². The van der Waals surface area contributed by atoms with Gasteiger partial charge in [0.2, 0.25) is 5.91 Å². The van der Waals surface area contributed by atoms with Crippen molar-refractivity contribution in [3.8, 4) is 0 Å². The monoisotopic (exact) mass is 420 g/mol. The summed E-state index contributed by atoms with van der Waals surface area (Å²) in [7, 11) is 0. The van der Waals surface area contributed by atoms with Crippen LogP contribution in [0.1, 0.15) is 44.6 Å². The molecule has 2 unspecified atom stereocenters. The third kappa shape index (κ3) is 4.26. The summed E-state index contributed by atoms with van der Waals surface area (Å²) < 4.78 is 5.53. The van der Waals surface area contributed by atoms with Gasteiger partial charge in [-0.2, -0.15) is 0 Å². The molecule has 0 radical (unpaired) electrons. The van der Waals surface area contributed by atoms with Gasteiger partial charge in [-0.25, -0.2) is 4.98 Å². The fourth-order valence-electron chi connectivity index (χ4n) is 5.08. The Balaban J connectivity index is 1.51. The van der Waals surface area contributed by atoms with Crippen LogP contribution in [0.4, 0.5) is 22.9 Å². The normalized spacial score (nSPS) is 23.8. The van der Waals surface area contributed by atoms with Crippen LogP contribution in [0.15, 0.2) is 36.5 Å². The van der Waals surface area contributed by atoms with Gasteiger partial charge in [-0.05, 0) is 49.4 Å². The number of ether oxygens (including phenoxy) is 1. The van der Waals surface area contributed by atoms with Crippen molar-refractivity contribution in [3.63, 3.8) is 0 Å². The van der Waals surface area contributed by atoms with Gasteiger partial charge in [0.25, 0.3) is 0 Å². The van der Waals surface area contributed by atoms with Gasteiger partial charge in [0, 0.05) is 36.5 Å². The molecule has 1 amide bonds. The molecule has 1 N–H and O–H groups in total. The second kappa shape index (κ2) is 8.87. The molecular formula is C25H32N4O2. The number of hydrogen-bond donors (Lipinski definition) is 1. The molecule has 5 rings (SSSR count). The van der Waals surface area contributed by atoms with Crippen molar-refractivity contribution in [3.05, 3.63) is 42.1 Å². The van der Waals surface area contributed by atoms with Crippen LogP contribution in [0.2, 0.25) is 0 Å². The molecule has 0 bridgehead atoms. The predicted octanol–water partition coefficient (Wildman–Crippen LogP) is 4.72. The van der Waals surface area contributed by atoms with Gasteiger partial charge in [-0.1, -0.05) is 25.8 Å². The van der Waals surface area contributed by atoms with Crippen LogP contribution in [0.3, 0.4) is 0 Å². The molecule has 6 nitrogen and oxygen atoms in total. The van der Waals surface area contributed by atoms with Gasteiger partial charge in [-0.15, -0.1) is 0 Å². The summed E-state index contributed by atoms with van der Waals surface area (Å²) in [6, 6.07) is 10.4. The lowest BCUT2D eigenvalue weighted by atomic mass is 9.97. The summed E-state index contributed by atoms with van der Waals surface area (Å²) in [5.74, 6) is 1.91. The molecule has 31 heavy (non-hydrogen) atoms. The van der Waals surface area contributed by atoms with E-state index < -0.39 is 0 Å². The van der Waals surface area contributed by atoms with Gasteiger partial charge in [0.05, 0.1) is 31.1 Å². The van der Waals surface area contributed by atoms with E-state index in [4.69, 9.17) is 4.74 Å². The molecule has 0 spiro atoms. The van der Waals surface area contributed by atoms with Crippen LogP contribution in [0.25, 0.3) is 0 Å². The zero-order valence-electron chi connectivity index (χ0n) is 18.3. The van der Waals surface area contributed by atoms with Crippen molar-refractivity contribution >= 4 is 28.8 Å². The summed E-state index contributed by atoms with van der Waals surface area (Å²) in [6.07, 6.45) is 7.30. The lowest BCUT2D eigenvalue weighted by molar-refractivity contribution is -0.122. The third-order valence-corrected chi connectivity index (χ3v) is 6.99. The van der Waals surface area contributed by atoms with E-state index in [9.17, 15) is 4.79 Å². The quantitative estimate of drug-likeness (QED) is 0.712. The van der Waals surface area contributed by atoms with Gasteiger partial charge < -0.3 is 19.9 Å². The van der Waals surface area contributed by atoms with E-state index in [2.05, 4.69) is 46.4 Å². The maximum atomic E-state index is 13.9. The number of pyridine rings is 1. The Kier molecular flexibility index (Phi) is 5.81. The maximum Gasteiger partial charge on any atom is 0.230 e. The van der Waals surface area contributed by atoms with Crippen molar-refractivity contribution in [2.75, 3.05) is 41.4 Å². The molecule has 6 heteroatoms. The molecule has 1 aliphatic carbocycles. The van der Waals surface area contributed by atoms with E-state index in [0.29, 0.717) is 12.5 Å². The fourth-order valence-corrected chi connectivity index (χ4v) is 5.08. The number of fused-ring (bicyclic) bond motifs is 2. The molecule has 3 heterocycles. The van der Waals surface area contributed by atoms with E-state index in [1.54, 1.807) is 6.20 Å². The van der Waals surface area contributed by atoms with Crippen molar-refractivity contribution in [2.24, 2.45) is 11.8 Å². The summed E-state index contributed by atoms with van der Waals surface area (Å²) in [5.41, 5.74) is 4.12. The van der Waals surface area contributed by atoms with Crippen LogP contribution >= 0.6 is 0 Å². The number of rotatable bonds is 2. The Bertz CT molecular complexity index is 941. The molecule has 2 atom stereocenters. The van der Waals surface area contributed by atoms with Crippen molar-refractivity contribution in [1.29, 1.82) is 0 Å². The molecule has 1 saturated carbocycles. The molecule has 2 aromatic rings. The number of nitrogens with one attached hydrogen (secondary N) is 1. The minimum absolute atomic E-state index is 0.100. The minimum atomic E-state index is 0.100. The highest BCUT2D eigenvalue weighted by Crippen LogP contribution is 2.39. The SMILES string of the molecule is CC1CCCC(C(=O)N2Cc3cccnc3Nc3ccc(N4CCOCC4)cc32)CC1. The van der Waals surface area contributed by atoms with Crippen molar-refractivity contribution in [2.45, 2.75) is 45.6 Å². The molecule has 2 aliphatic heterocycles. The second-order valence-corrected chi connectivity index (χ2v) is 9.17. The number of morpholine rings is 1. The number of aromatic nitrogens is 1. The van der Waals surface area contributed by atoms with E-state index in [-0.39, 0.29) is 11.8 Å². The fraction of sp³-hybridized carbons (Fsp3) is 0.520. The van der Waals surface area contributed by atoms with E-state index in [1.165, 1.54) is 6.42 Å².